The molecule has 0 aromatic carbocycles. The Bertz CT molecular complexity index is 1370. The van der Waals surface area contributed by atoms with Gasteiger partial charge in [0.2, 0.25) is 0 Å². The van der Waals surface area contributed by atoms with Crippen molar-refractivity contribution in [3.8, 4) is 0 Å². The van der Waals surface area contributed by atoms with E-state index in [9.17, 15) is 9.59 Å². The normalized spacial score (nSPS) is 13.4. The third-order valence-electron chi connectivity index (χ3n) is 10.2. The second-order valence-electron chi connectivity index (χ2n) is 16.3. The van der Waals surface area contributed by atoms with Gasteiger partial charge in [-0.15, -0.1) is 0 Å². The minimum Gasteiger partial charge on any atom is -0.462 e. The molecule has 0 aliphatic heterocycles. The summed E-state index contributed by atoms with van der Waals surface area (Å²) in [6, 6.07) is 0. The minimum absolute atomic E-state index is 0.0306. The van der Waals surface area contributed by atoms with E-state index < -0.39 is 6.10 Å². The van der Waals surface area contributed by atoms with Gasteiger partial charge in [0.05, 0.1) is 6.61 Å². The van der Waals surface area contributed by atoms with Crippen LogP contribution in [0.25, 0.3) is 0 Å². The highest BCUT2D eigenvalue weighted by atomic mass is 16.6. The van der Waals surface area contributed by atoms with Gasteiger partial charge in [-0.3, -0.25) is 9.59 Å². The summed E-state index contributed by atoms with van der Waals surface area (Å²) in [6.07, 6.45) is 76.1. The SMILES string of the molecule is CC/C=C\C/C=C\C/C=C\C/C=C\CCCCC(=O)OC(COCCC/C=C\C/C=C\C/C=C\C/C=C\CC)COC(=O)CCCCCCCC/C=C\C/C=C\C/C=C\CCCCC. The van der Waals surface area contributed by atoms with Gasteiger partial charge in [0.1, 0.15) is 6.61 Å². The molecule has 0 bridgehead atoms. The summed E-state index contributed by atoms with van der Waals surface area (Å²) in [4.78, 5) is 25.4. The van der Waals surface area contributed by atoms with Crippen LogP contribution in [0.4, 0.5) is 0 Å². The Balaban J connectivity index is 4.45. The highest BCUT2D eigenvalue weighted by Gasteiger charge is 2.17. The Morgan fingerprint density at radius 3 is 1.16 bits per heavy atom. The molecule has 0 rings (SSSR count). The zero-order valence-electron chi connectivity index (χ0n) is 41.2. The van der Waals surface area contributed by atoms with E-state index in [0.717, 1.165) is 122 Å². The fourth-order valence-corrected chi connectivity index (χ4v) is 6.39. The summed E-state index contributed by atoms with van der Waals surface area (Å²) in [5.41, 5.74) is 0. The molecule has 5 nitrogen and oxygen atoms in total. The zero-order valence-corrected chi connectivity index (χ0v) is 41.2. The zero-order chi connectivity index (χ0) is 46.3. The molecule has 64 heavy (non-hydrogen) atoms. The first-order chi connectivity index (χ1) is 31.6. The topological polar surface area (TPSA) is 61.8 Å². The van der Waals surface area contributed by atoms with Gasteiger partial charge in [0.25, 0.3) is 0 Å². The molecule has 0 aliphatic rings. The predicted octanol–water partition coefficient (Wildman–Crippen LogP) is 17.6. The fraction of sp³-hybridized carbons (Fsp3) is 0.593. The van der Waals surface area contributed by atoms with Crippen LogP contribution in [-0.4, -0.2) is 37.9 Å². The van der Waals surface area contributed by atoms with Gasteiger partial charge in [0.15, 0.2) is 6.10 Å². The van der Waals surface area contributed by atoms with Crippen molar-refractivity contribution in [2.75, 3.05) is 19.8 Å². The van der Waals surface area contributed by atoms with Gasteiger partial charge in [-0.1, -0.05) is 193 Å². The standard InChI is InChI=1S/C59H94O5/c1-4-7-10-13-16-19-22-25-28-29-30-31-33-34-37-40-43-46-49-52-58(60)63-56-57(55-62-54-51-48-45-42-39-36-27-24-21-18-15-12-9-6-3)64-59(61)53-50-47-44-41-38-35-32-26-23-20-17-14-11-8-5-2/h8-9,11-12,16-21,25-28,30-32,36,38,41-42,45,57H,4-7,10,13-15,22-24,29,33-35,37,39-40,43-44,46-56H2,1-3H3/b11-8-,12-9-,19-16-,20-17-,21-18-,28-25-,31-30-,32-26-,36-27-,41-38-,45-42-. The van der Waals surface area contributed by atoms with Crippen molar-refractivity contribution >= 4 is 11.9 Å². The lowest BCUT2D eigenvalue weighted by molar-refractivity contribution is -0.163. The Hall–Kier alpha value is -3.96. The molecule has 0 saturated heterocycles. The van der Waals surface area contributed by atoms with Crippen LogP contribution in [0.1, 0.15) is 201 Å². The number of rotatable bonds is 45. The maximum Gasteiger partial charge on any atom is 0.306 e. The maximum atomic E-state index is 12.8. The molecule has 0 N–H and O–H groups in total. The first-order valence-corrected chi connectivity index (χ1v) is 25.7. The van der Waals surface area contributed by atoms with Crippen molar-refractivity contribution in [3.05, 3.63) is 134 Å². The van der Waals surface area contributed by atoms with Crippen LogP contribution in [-0.2, 0) is 23.8 Å². The van der Waals surface area contributed by atoms with Crippen LogP contribution in [0.2, 0.25) is 0 Å². The van der Waals surface area contributed by atoms with Crippen LogP contribution in [0.15, 0.2) is 134 Å². The van der Waals surface area contributed by atoms with E-state index in [4.69, 9.17) is 14.2 Å². The average molecular weight is 883 g/mol. The van der Waals surface area contributed by atoms with Crippen LogP contribution in [0, 0.1) is 0 Å². The van der Waals surface area contributed by atoms with Gasteiger partial charge < -0.3 is 14.2 Å². The molecule has 0 spiro atoms. The molecule has 0 aromatic heterocycles. The van der Waals surface area contributed by atoms with E-state index in [0.29, 0.717) is 19.4 Å². The largest absolute Gasteiger partial charge is 0.462 e. The molecular weight excluding hydrogens is 789 g/mol. The molecule has 0 aliphatic carbocycles. The van der Waals surface area contributed by atoms with Crippen LogP contribution in [0.3, 0.4) is 0 Å². The minimum atomic E-state index is -0.601. The summed E-state index contributed by atoms with van der Waals surface area (Å²) in [5.74, 6) is -0.501. The van der Waals surface area contributed by atoms with Crippen molar-refractivity contribution in [3.63, 3.8) is 0 Å². The highest BCUT2D eigenvalue weighted by molar-refractivity contribution is 5.70. The van der Waals surface area contributed by atoms with Crippen molar-refractivity contribution in [2.45, 2.75) is 207 Å². The number of hydrogen-bond donors (Lipinski definition) is 0. The summed E-state index contributed by atoms with van der Waals surface area (Å²) in [5, 5.41) is 0. The molecule has 0 radical (unpaired) electrons. The molecule has 0 saturated carbocycles. The highest BCUT2D eigenvalue weighted by Crippen LogP contribution is 2.11. The number of carbonyl (C=O) groups is 2. The van der Waals surface area contributed by atoms with Gasteiger partial charge in [-0.05, 0) is 128 Å². The Morgan fingerprint density at radius 2 is 0.703 bits per heavy atom. The summed E-state index contributed by atoms with van der Waals surface area (Å²) >= 11 is 0. The molecule has 1 unspecified atom stereocenters. The first-order valence-electron chi connectivity index (χ1n) is 25.7. The predicted molar refractivity (Wildman–Crippen MR) is 278 cm³/mol. The molecule has 0 fully saturated rings. The molecule has 5 heteroatoms. The van der Waals surface area contributed by atoms with Crippen molar-refractivity contribution < 1.29 is 23.8 Å². The van der Waals surface area contributed by atoms with E-state index in [2.05, 4.69) is 154 Å². The van der Waals surface area contributed by atoms with Crippen molar-refractivity contribution in [1.29, 1.82) is 0 Å². The lowest BCUT2D eigenvalue weighted by Gasteiger charge is -2.18. The van der Waals surface area contributed by atoms with E-state index in [1.54, 1.807) is 0 Å². The molecule has 0 aromatic rings. The van der Waals surface area contributed by atoms with E-state index in [1.807, 2.05) is 0 Å². The van der Waals surface area contributed by atoms with Gasteiger partial charge in [0, 0.05) is 19.4 Å². The monoisotopic (exact) mass is 883 g/mol. The van der Waals surface area contributed by atoms with Crippen molar-refractivity contribution in [1.82, 2.24) is 0 Å². The summed E-state index contributed by atoms with van der Waals surface area (Å²) in [7, 11) is 0. The van der Waals surface area contributed by atoms with E-state index >= 15 is 0 Å². The number of carbonyl (C=O) groups excluding carboxylic acids is 2. The number of hydrogen-bond acceptors (Lipinski definition) is 5. The molecular formula is C59H94O5. The molecule has 0 amide bonds. The van der Waals surface area contributed by atoms with Gasteiger partial charge >= 0.3 is 11.9 Å². The second-order valence-corrected chi connectivity index (χ2v) is 16.3. The fourth-order valence-electron chi connectivity index (χ4n) is 6.39. The number of allylic oxidation sites excluding steroid dienone is 22. The maximum absolute atomic E-state index is 12.8. The molecule has 0 heterocycles. The Morgan fingerprint density at radius 1 is 0.359 bits per heavy atom. The lowest BCUT2D eigenvalue weighted by Crippen LogP contribution is -2.30. The van der Waals surface area contributed by atoms with Crippen LogP contribution < -0.4 is 0 Å². The first kappa shape index (κ1) is 60.0. The summed E-state index contributed by atoms with van der Waals surface area (Å²) < 4.78 is 17.3. The van der Waals surface area contributed by atoms with Crippen molar-refractivity contribution in [2.24, 2.45) is 0 Å². The Kier molecular flexibility index (Phi) is 50.1. The van der Waals surface area contributed by atoms with Crippen LogP contribution >= 0.6 is 0 Å². The van der Waals surface area contributed by atoms with E-state index in [1.165, 1.54) is 44.9 Å². The van der Waals surface area contributed by atoms with Crippen LogP contribution in [0.5, 0.6) is 0 Å². The quantitative estimate of drug-likeness (QED) is 0.0346. The lowest BCUT2D eigenvalue weighted by atomic mass is 10.1. The van der Waals surface area contributed by atoms with Gasteiger partial charge in [-0.25, -0.2) is 0 Å². The molecule has 1 atom stereocenters. The number of esters is 2. The number of ether oxygens (including phenoxy) is 3. The third-order valence-corrected chi connectivity index (χ3v) is 10.2. The molecule has 360 valence electrons. The second kappa shape index (κ2) is 53.4. The smallest absolute Gasteiger partial charge is 0.306 e. The number of unbranched alkanes of at least 4 members (excludes halogenated alkanes) is 12. The summed E-state index contributed by atoms with van der Waals surface area (Å²) in [6.45, 7) is 7.35. The Labute approximate surface area is 394 Å². The third kappa shape index (κ3) is 50.7. The van der Waals surface area contributed by atoms with Gasteiger partial charge in [-0.2, -0.15) is 0 Å². The average Bonchev–Trinajstić information content (AvgIpc) is 3.30. The van der Waals surface area contributed by atoms with E-state index in [-0.39, 0.29) is 25.2 Å².